The van der Waals surface area contributed by atoms with Crippen molar-refractivity contribution in [1.29, 1.82) is 0 Å². The summed E-state index contributed by atoms with van der Waals surface area (Å²) >= 11 is 0. The Morgan fingerprint density at radius 1 is 1.24 bits per heavy atom. The van der Waals surface area contributed by atoms with E-state index in [1.54, 1.807) is 4.90 Å². The van der Waals surface area contributed by atoms with Gasteiger partial charge in [0.2, 0.25) is 0 Å². The summed E-state index contributed by atoms with van der Waals surface area (Å²) in [6, 6.07) is 8.19. The molecule has 1 heterocycles. The van der Waals surface area contributed by atoms with E-state index in [9.17, 15) is 4.79 Å². The second-order valence-electron chi connectivity index (χ2n) is 6.19. The fourth-order valence-electron chi connectivity index (χ4n) is 2.78. The predicted molar refractivity (Wildman–Crippen MR) is 87.0 cm³/mol. The Morgan fingerprint density at radius 3 is 2.38 bits per heavy atom. The van der Waals surface area contributed by atoms with Crippen molar-refractivity contribution in [2.24, 2.45) is 0 Å². The molecule has 2 rings (SSSR count). The van der Waals surface area contributed by atoms with E-state index >= 15 is 0 Å². The van der Waals surface area contributed by atoms with Crippen LogP contribution in [0.3, 0.4) is 0 Å². The third-order valence-corrected chi connectivity index (χ3v) is 4.19. The van der Waals surface area contributed by atoms with Crippen LogP contribution in [0, 0.1) is 0 Å². The van der Waals surface area contributed by atoms with Gasteiger partial charge in [-0.3, -0.25) is 0 Å². The van der Waals surface area contributed by atoms with Crippen LogP contribution in [0.4, 0.5) is 10.5 Å². The van der Waals surface area contributed by atoms with Crippen LogP contribution in [0.25, 0.3) is 0 Å². The molecule has 1 fully saturated rings. The Labute approximate surface area is 128 Å². The third-order valence-electron chi connectivity index (χ3n) is 4.19. The number of quaternary nitrogens is 1. The molecule has 21 heavy (non-hydrogen) atoms. The van der Waals surface area contributed by atoms with Gasteiger partial charge in [-0.15, -0.1) is 0 Å². The number of carbonyl (C=O) groups excluding carboxylic acids is 1. The number of nitrogens with one attached hydrogen (secondary N) is 2. The van der Waals surface area contributed by atoms with Crippen molar-refractivity contribution in [1.82, 2.24) is 4.90 Å². The lowest BCUT2D eigenvalue weighted by Crippen LogP contribution is -3.14. The molecule has 0 unspecified atom stereocenters. The van der Waals surface area contributed by atoms with E-state index in [1.165, 1.54) is 18.5 Å². The van der Waals surface area contributed by atoms with Crippen LogP contribution in [-0.4, -0.2) is 43.7 Å². The topological polar surface area (TPSA) is 36.8 Å². The maximum absolute atomic E-state index is 12.3. The van der Waals surface area contributed by atoms with Gasteiger partial charge in [-0.25, -0.2) is 4.79 Å². The lowest BCUT2D eigenvalue weighted by molar-refractivity contribution is -0.904. The summed E-state index contributed by atoms with van der Waals surface area (Å²) in [5.74, 6) is 0.518. The highest BCUT2D eigenvalue weighted by Crippen LogP contribution is 2.17. The molecule has 1 aromatic rings. The summed E-state index contributed by atoms with van der Waals surface area (Å²) in [5.41, 5.74) is 2.18. The largest absolute Gasteiger partial charge is 0.332 e. The maximum atomic E-state index is 12.3. The molecule has 1 aliphatic heterocycles. The van der Waals surface area contributed by atoms with E-state index in [-0.39, 0.29) is 6.03 Å². The fraction of sp³-hybridized carbons (Fsp3) is 0.588. The zero-order valence-corrected chi connectivity index (χ0v) is 13.5. The smallest absolute Gasteiger partial charge is 0.322 e. The number of amides is 2. The highest BCUT2D eigenvalue weighted by atomic mass is 16.2. The van der Waals surface area contributed by atoms with Gasteiger partial charge in [0.25, 0.3) is 0 Å². The summed E-state index contributed by atoms with van der Waals surface area (Å²) in [4.78, 5) is 15.8. The summed E-state index contributed by atoms with van der Waals surface area (Å²) in [5, 5.41) is 3.00. The van der Waals surface area contributed by atoms with E-state index in [0.29, 0.717) is 5.92 Å². The van der Waals surface area contributed by atoms with E-state index in [2.05, 4.69) is 38.2 Å². The average molecular weight is 290 g/mol. The molecule has 116 valence electrons. The Morgan fingerprint density at radius 2 is 1.86 bits per heavy atom. The average Bonchev–Trinajstić information content (AvgIpc) is 2.49. The van der Waals surface area contributed by atoms with Crippen LogP contribution in [0.5, 0.6) is 0 Å². The van der Waals surface area contributed by atoms with Crippen LogP contribution in [-0.2, 0) is 0 Å². The molecule has 0 radical (unpaired) electrons. The van der Waals surface area contributed by atoms with Crippen LogP contribution in [0.15, 0.2) is 24.3 Å². The molecule has 0 aromatic heterocycles. The van der Waals surface area contributed by atoms with Gasteiger partial charge in [0.05, 0.1) is 32.7 Å². The number of anilines is 1. The summed E-state index contributed by atoms with van der Waals surface area (Å²) in [6.07, 6.45) is 1.21. The molecular formula is C17H28N3O+. The lowest BCUT2D eigenvalue weighted by Gasteiger charge is -2.32. The molecule has 1 aliphatic rings. The van der Waals surface area contributed by atoms with Crippen molar-refractivity contribution in [3.05, 3.63) is 29.8 Å². The molecule has 2 N–H and O–H groups in total. The molecule has 2 amide bonds. The van der Waals surface area contributed by atoms with Crippen LogP contribution >= 0.6 is 0 Å². The number of piperazine rings is 1. The molecule has 0 spiro atoms. The minimum Gasteiger partial charge on any atom is -0.332 e. The summed E-state index contributed by atoms with van der Waals surface area (Å²) < 4.78 is 0. The van der Waals surface area contributed by atoms with Crippen molar-refractivity contribution >= 4 is 11.7 Å². The normalized spacial score (nSPS) is 16.3. The van der Waals surface area contributed by atoms with Gasteiger partial charge < -0.3 is 15.1 Å². The number of nitrogens with zero attached hydrogens (tertiary/aromatic N) is 1. The Balaban J connectivity index is 1.84. The number of carbonyl (C=O) groups is 1. The highest BCUT2D eigenvalue weighted by molar-refractivity contribution is 5.89. The maximum Gasteiger partial charge on any atom is 0.322 e. The summed E-state index contributed by atoms with van der Waals surface area (Å²) in [7, 11) is 0. The van der Waals surface area contributed by atoms with Crippen LogP contribution < -0.4 is 10.2 Å². The van der Waals surface area contributed by atoms with Gasteiger partial charge in [-0.2, -0.15) is 0 Å². The molecule has 4 heteroatoms. The first kappa shape index (κ1) is 15.8. The Kier molecular flexibility index (Phi) is 5.62. The number of hydrogen-bond acceptors (Lipinski definition) is 1. The molecule has 0 saturated carbocycles. The van der Waals surface area contributed by atoms with Gasteiger partial charge in [0.15, 0.2) is 0 Å². The van der Waals surface area contributed by atoms with Gasteiger partial charge >= 0.3 is 6.03 Å². The van der Waals surface area contributed by atoms with Gasteiger partial charge in [0.1, 0.15) is 0 Å². The van der Waals surface area contributed by atoms with Crippen LogP contribution in [0.1, 0.15) is 38.7 Å². The quantitative estimate of drug-likeness (QED) is 0.874. The minimum absolute atomic E-state index is 0.0304. The van der Waals surface area contributed by atoms with Crippen LogP contribution in [0.2, 0.25) is 0 Å². The van der Waals surface area contributed by atoms with Gasteiger partial charge in [-0.05, 0) is 30.0 Å². The number of urea groups is 1. The highest BCUT2D eigenvalue weighted by Gasteiger charge is 2.22. The minimum atomic E-state index is 0.0304. The molecule has 1 aromatic carbocycles. The molecular weight excluding hydrogens is 262 g/mol. The third kappa shape index (κ3) is 4.46. The van der Waals surface area contributed by atoms with Crippen molar-refractivity contribution in [3.8, 4) is 0 Å². The number of hydrogen-bond donors (Lipinski definition) is 2. The van der Waals surface area contributed by atoms with Gasteiger partial charge in [-0.1, -0.05) is 32.9 Å². The Bertz CT molecular complexity index is 448. The van der Waals surface area contributed by atoms with Crippen molar-refractivity contribution in [3.63, 3.8) is 0 Å². The zero-order valence-electron chi connectivity index (χ0n) is 13.5. The molecule has 4 nitrogen and oxygen atoms in total. The van der Waals surface area contributed by atoms with E-state index < -0.39 is 0 Å². The van der Waals surface area contributed by atoms with Crippen molar-refractivity contribution in [2.75, 3.05) is 38.0 Å². The van der Waals surface area contributed by atoms with Gasteiger partial charge in [0, 0.05) is 5.69 Å². The molecule has 1 saturated heterocycles. The number of rotatable bonds is 4. The second kappa shape index (κ2) is 7.46. The number of benzene rings is 1. The standard InChI is InChI=1S/C17H27N3O/c1-4-9-19-10-12-20(13-11-19)17(21)18-16-7-5-15(6-8-16)14(2)3/h5-8,14H,4,9-13H2,1-3H3,(H,18,21)/p+1. The molecule has 0 bridgehead atoms. The van der Waals surface area contributed by atoms with E-state index in [1.807, 2.05) is 17.0 Å². The van der Waals surface area contributed by atoms with Crippen molar-refractivity contribution in [2.45, 2.75) is 33.1 Å². The van der Waals surface area contributed by atoms with E-state index in [0.717, 1.165) is 31.9 Å². The fourth-order valence-corrected chi connectivity index (χ4v) is 2.78. The second-order valence-corrected chi connectivity index (χ2v) is 6.19. The predicted octanol–water partition coefficient (Wildman–Crippen LogP) is 1.95. The summed E-state index contributed by atoms with van der Waals surface area (Å²) in [6.45, 7) is 11.6. The van der Waals surface area contributed by atoms with E-state index in [4.69, 9.17) is 0 Å². The Hall–Kier alpha value is -1.55. The first-order chi connectivity index (χ1) is 10.1. The monoisotopic (exact) mass is 290 g/mol. The zero-order chi connectivity index (χ0) is 15.2. The lowest BCUT2D eigenvalue weighted by atomic mass is 10.0. The SMILES string of the molecule is CCC[NH+]1CCN(C(=O)Nc2ccc(C(C)C)cc2)CC1. The molecule has 0 atom stereocenters. The van der Waals surface area contributed by atoms with Crippen molar-refractivity contribution < 1.29 is 9.69 Å². The molecule has 0 aliphatic carbocycles. The first-order valence-corrected chi connectivity index (χ1v) is 8.09. The first-order valence-electron chi connectivity index (χ1n) is 8.09.